The molecule has 4 nitrogen and oxygen atoms in total. The number of rotatable bonds is 4. The molecule has 0 aliphatic carbocycles. The molecule has 0 unspecified atom stereocenters. The number of benzene rings is 3. The van der Waals surface area contributed by atoms with Crippen molar-refractivity contribution in [3.05, 3.63) is 78.5 Å². The van der Waals surface area contributed by atoms with E-state index in [-0.39, 0.29) is 11.3 Å². The lowest BCUT2D eigenvalue weighted by Gasteiger charge is -2.14. The number of sulfonamides is 1. The van der Waals surface area contributed by atoms with Crippen molar-refractivity contribution < 1.29 is 17.2 Å². The van der Waals surface area contributed by atoms with Crippen molar-refractivity contribution in [2.75, 3.05) is 11.0 Å². The minimum Gasteiger partial charge on any atom is -0.361 e. The van der Waals surface area contributed by atoms with Crippen molar-refractivity contribution in [2.24, 2.45) is 0 Å². The normalized spacial score (nSPS) is 11.7. The van der Waals surface area contributed by atoms with E-state index in [0.29, 0.717) is 11.1 Å². The molecule has 7 heteroatoms. The second-order valence-electron chi connectivity index (χ2n) is 6.51. The molecule has 1 aromatic heterocycles. The highest BCUT2D eigenvalue weighted by molar-refractivity contribution is 7.92. The third-order valence-electron chi connectivity index (χ3n) is 4.43. The third kappa shape index (κ3) is 3.48. The lowest BCUT2D eigenvalue weighted by molar-refractivity contribution is 0.604. The van der Waals surface area contributed by atoms with E-state index in [4.69, 9.17) is 0 Å². The molecule has 0 aliphatic rings. The second kappa shape index (κ2) is 6.76. The zero-order valence-corrected chi connectivity index (χ0v) is 15.6. The Morgan fingerprint density at radius 3 is 2.36 bits per heavy atom. The first-order valence-corrected chi connectivity index (χ1v) is 10.3. The fourth-order valence-corrected chi connectivity index (χ4v) is 3.78. The van der Waals surface area contributed by atoms with Gasteiger partial charge in [-0.05, 0) is 53.1 Å². The number of anilines is 1. The highest BCUT2D eigenvalue weighted by Crippen LogP contribution is 2.36. The van der Waals surface area contributed by atoms with E-state index in [0.717, 1.165) is 22.7 Å². The summed E-state index contributed by atoms with van der Waals surface area (Å²) < 4.78 is 54.1. The summed E-state index contributed by atoms with van der Waals surface area (Å²) in [6, 6.07) is 16.0. The van der Waals surface area contributed by atoms with Gasteiger partial charge >= 0.3 is 0 Å². The Morgan fingerprint density at radius 1 is 0.893 bits per heavy atom. The van der Waals surface area contributed by atoms with Crippen LogP contribution in [0.1, 0.15) is 0 Å². The van der Waals surface area contributed by atoms with Crippen molar-refractivity contribution in [1.29, 1.82) is 0 Å². The van der Waals surface area contributed by atoms with Crippen LogP contribution in [0.2, 0.25) is 0 Å². The summed E-state index contributed by atoms with van der Waals surface area (Å²) in [5, 5.41) is 0.921. The van der Waals surface area contributed by atoms with Crippen molar-refractivity contribution in [3.8, 4) is 22.3 Å². The summed E-state index contributed by atoms with van der Waals surface area (Å²) in [4.78, 5) is 3.12. The number of aromatic amines is 1. The molecule has 28 heavy (non-hydrogen) atoms. The van der Waals surface area contributed by atoms with E-state index in [1.165, 1.54) is 30.3 Å². The topological polar surface area (TPSA) is 62.0 Å². The van der Waals surface area contributed by atoms with Crippen LogP contribution < -0.4 is 4.72 Å². The summed E-state index contributed by atoms with van der Waals surface area (Å²) in [5.41, 5.74) is 2.82. The van der Waals surface area contributed by atoms with Crippen LogP contribution in [0.15, 0.2) is 66.9 Å². The van der Waals surface area contributed by atoms with E-state index < -0.39 is 21.7 Å². The molecule has 0 fully saturated rings. The van der Waals surface area contributed by atoms with Crippen molar-refractivity contribution >= 4 is 26.6 Å². The Morgan fingerprint density at radius 2 is 1.64 bits per heavy atom. The molecular weight excluding hydrogens is 382 g/mol. The Bertz CT molecular complexity index is 1280. The maximum Gasteiger partial charge on any atom is 0.229 e. The molecule has 0 aliphatic heterocycles. The van der Waals surface area contributed by atoms with Gasteiger partial charge in [0.25, 0.3) is 0 Å². The summed E-state index contributed by atoms with van der Waals surface area (Å²) in [6.45, 7) is 0. The van der Waals surface area contributed by atoms with Gasteiger partial charge in [-0.2, -0.15) is 0 Å². The Balaban J connectivity index is 1.98. The Kier molecular flexibility index (Phi) is 4.39. The molecule has 0 radical (unpaired) electrons. The van der Waals surface area contributed by atoms with Gasteiger partial charge in [-0.25, -0.2) is 17.2 Å². The Labute approximate surface area is 160 Å². The lowest BCUT2D eigenvalue weighted by Crippen LogP contribution is -2.11. The first-order valence-electron chi connectivity index (χ1n) is 8.45. The predicted octanol–water partition coefficient (Wildman–Crippen LogP) is 5.15. The number of halogens is 2. The highest BCUT2D eigenvalue weighted by Gasteiger charge is 2.17. The Hall–Kier alpha value is -3.19. The van der Waals surface area contributed by atoms with Crippen LogP contribution in [0.3, 0.4) is 0 Å². The van der Waals surface area contributed by atoms with Gasteiger partial charge in [0.2, 0.25) is 10.0 Å². The standard InChI is InChI=1S/C21H16F2N2O2S/c1-28(26,27)25-20-12-14(16-3-2-4-19-17(16)9-10-24-19)11-18(21(20)23)13-5-7-15(22)8-6-13/h2-12,24-25H,1H3. The summed E-state index contributed by atoms with van der Waals surface area (Å²) >= 11 is 0. The summed E-state index contributed by atoms with van der Waals surface area (Å²) in [7, 11) is -3.69. The predicted molar refractivity (Wildman–Crippen MR) is 108 cm³/mol. The molecule has 0 spiro atoms. The molecule has 0 atom stereocenters. The maximum atomic E-state index is 15.1. The largest absolute Gasteiger partial charge is 0.361 e. The molecule has 4 aromatic rings. The van der Waals surface area contributed by atoms with Crippen LogP contribution in [0, 0.1) is 11.6 Å². The van der Waals surface area contributed by atoms with Gasteiger partial charge in [-0.1, -0.05) is 24.3 Å². The highest BCUT2D eigenvalue weighted by atomic mass is 32.2. The molecule has 4 rings (SSSR count). The number of hydrogen-bond acceptors (Lipinski definition) is 2. The van der Waals surface area contributed by atoms with E-state index >= 15 is 4.39 Å². The first-order chi connectivity index (χ1) is 13.3. The second-order valence-corrected chi connectivity index (χ2v) is 8.26. The molecule has 0 bridgehead atoms. The minimum atomic E-state index is -3.69. The third-order valence-corrected chi connectivity index (χ3v) is 5.02. The van der Waals surface area contributed by atoms with Gasteiger partial charge in [0, 0.05) is 22.7 Å². The average molecular weight is 398 g/mol. The monoisotopic (exact) mass is 398 g/mol. The van der Waals surface area contributed by atoms with Crippen LogP contribution in [-0.4, -0.2) is 19.7 Å². The van der Waals surface area contributed by atoms with Crippen molar-refractivity contribution in [1.82, 2.24) is 4.98 Å². The fourth-order valence-electron chi connectivity index (χ4n) is 3.23. The molecular formula is C21H16F2N2O2S. The van der Waals surface area contributed by atoms with Gasteiger partial charge < -0.3 is 4.98 Å². The first kappa shape index (κ1) is 18.2. The summed E-state index contributed by atoms with van der Waals surface area (Å²) in [6.07, 6.45) is 2.76. The molecule has 3 aromatic carbocycles. The fraction of sp³-hybridized carbons (Fsp3) is 0.0476. The lowest BCUT2D eigenvalue weighted by atomic mass is 9.95. The van der Waals surface area contributed by atoms with Crippen LogP contribution >= 0.6 is 0 Å². The van der Waals surface area contributed by atoms with Gasteiger partial charge in [0.15, 0.2) is 5.82 Å². The molecule has 0 saturated carbocycles. The van der Waals surface area contributed by atoms with Crippen LogP contribution in [0.25, 0.3) is 33.2 Å². The maximum absolute atomic E-state index is 15.1. The van der Waals surface area contributed by atoms with Crippen LogP contribution in [-0.2, 0) is 10.0 Å². The minimum absolute atomic E-state index is 0.160. The van der Waals surface area contributed by atoms with Crippen LogP contribution in [0.4, 0.5) is 14.5 Å². The zero-order valence-electron chi connectivity index (χ0n) is 14.8. The SMILES string of the molecule is CS(=O)(=O)Nc1cc(-c2cccc3[nH]ccc23)cc(-c2ccc(F)cc2)c1F. The van der Waals surface area contributed by atoms with Crippen molar-refractivity contribution in [2.45, 2.75) is 0 Å². The molecule has 142 valence electrons. The van der Waals surface area contributed by atoms with Crippen LogP contribution in [0.5, 0.6) is 0 Å². The van der Waals surface area contributed by atoms with E-state index in [1.54, 1.807) is 12.3 Å². The molecule has 2 N–H and O–H groups in total. The summed E-state index contributed by atoms with van der Waals surface area (Å²) in [5.74, 6) is -1.16. The zero-order chi connectivity index (χ0) is 19.9. The molecule has 1 heterocycles. The van der Waals surface area contributed by atoms with Gasteiger partial charge in [0.05, 0.1) is 11.9 Å². The quantitative estimate of drug-likeness (QED) is 0.499. The number of hydrogen-bond donors (Lipinski definition) is 2. The molecule has 0 saturated heterocycles. The average Bonchev–Trinajstić information content (AvgIpc) is 3.12. The van der Waals surface area contributed by atoms with E-state index in [9.17, 15) is 12.8 Å². The van der Waals surface area contributed by atoms with Crippen molar-refractivity contribution in [3.63, 3.8) is 0 Å². The smallest absolute Gasteiger partial charge is 0.229 e. The molecule has 0 amide bonds. The number of aromatic nitrogens is 1. The van der Waals surface area contributed by atoms with Gasteiger partial charge in [0.1, 0.15) is 5.82 Å². The van der Waals surface area contributed by atoms with E-state index in [1.807, 2.05) is 24.3 Å². The number of fused-ring (bicyclic) bond motifs is 1. The van der Waals surface area contributed by atoms with Gasteiger partial charge in [-0.15, -0.1) is 0 Å². The van der Waals surface area contributed by atoms with Gasteiger partial charge in [-0.3, -0.25) is 4.72 Å². The number of H-pyrrole nitrogens is 1. The van der Waals surface area contributed by atoms with E-state index in [2.05, 4.69) is 9.71 Å². The number of nitrogens with one attached hydrogen (secondary N) is 2.